The zero-order valence-electron chi connectivity index (χ0n) is 15.5. The number of nitrogens with zero attached hydrogens (tertiary/aromatic N) is 1. The number of hydrogen-bond acceptors (Lipinski definition) is 3. The van der Waals surface area contributed by atoms with E-state index in [2.05, 4.69) is 11.2 Å². The number of nitrogens with one attached hydrogen (secondary N) is 1. The summed E-state index contributed by atoms with van der Waals surface area (Å²) in [5.41, 5.74) is -0.178. The van der Waals surface area contributed by atoms with Crippen LogP contribution in [0.15, 0.2) is 18.2 Å². The van der Waals surface area contributed by atoms with Gasteiger partial charge in [-0.15, -0.1) is 6.42 Å². The third-order valence-corrected chi connectivity index (χ3v) is 5.87. The predicted octanol–water partition coefficient (Wildman–Crippen LogP) is 3.48. The zero-order valence-corrected chi connectivity index (χ0v) is 17.0. The van der Waals surface area contributed by atoms with Crippen molar-refractivity contribution in [3.63, 3.8) is 0 Å². The number of halogens is 2. The molecule has 0 aromatic heterocycles. The van der Waals surface area contributed by atoms with Gasteiger partial charge in [0, 0.05) is 24.4 Å². The maximum absolute atomic E-state index is 12.6. The van der Waals surface area contributed by atoms with Gasteiger partial charge in [-0.3, -0.25) is 4.79 Å². The molecule has 3 atom stereocenters. The topological polar surface area (TPSA) is 58.6 Å². The van der Waals surface area contributed by atoms with Crippen LogP contribution in [0.3, 0.4) is 0 Å². The summed E-state index contributed by atoms with van der Waals surface area (Å²) < 4.78 is 5.49. The molecule has 1 aromatic carbocycles. The van der Waals surface area contributed by atoms with E-state index in [-0.39, 0.29) is 30.4 Å². The standard InChI is InChI=1S/C20H22Cl2N2O3/c1-5-8-23-17(25)16-13-10-24(18(26)27-19(2,3)4)11-20(13,16)12-6-7-14(21)15(22)9-12/h1,6-7,9,13,16H,8,10-11H2,2-4H3,(H,23,25). The van der Waals surface area contributed by atoms with E-state index in [1.807, 2.05) is 26.8 Å². The third-order valence-electron chi connectivity index (χ3n) is 5.14. The van der Waals surface area contributed by atoms with Crippen LogP contribution in [0.5, 0.6) is 0 Å². The Balaban J connectivity index is 1.87. The number of likely N-dealkylation sites (tertiary alicyclic amines) is 1. The predicted molar refractivity (Wildman–Crippen MR) is 105 cm³/mol. The molecule has 0 bridgehead atoms. The molecule has 2 amide bonds. The number of ether oxygens (including phenoxy) is 1. The number of fused-ring (bicyclic) bond motifs is 1. The van der Waals surface area contributed by atoms with Crippen molar-refractivity contribution >= 4 is 35.2 Å². The lowest BCUT2D eigenvalue weighted by Gasteiger charge is -2.27. The van der Waals surface area contributed by atoms with Gasteiger partial charge in [0.2, 0.25) is 5.91 Å². The van der Waals surface area contributed by atoms with E-state index in [4.69, 9.17) is 34.4 Å². The van der Waals surface area contributed by atoms with Gasteiger partial charge in [-0.05, 0) is 38.5 Å². The van der Waals surface area contributed by atoms with Gasteiger partial charge in [-0.25, -0.2) is 4.79 Å². The molecule has 1 saturated carbocycles. The molecular weight excluding hydrogens is 387 g/mol. The average molecular weight is 409 g/mol. The van der Waals surface area contributed by atoms with E-state index in [0.29, 0.717) is 23.1 Å². The number of terminal acetylenes is 1. The zero-order chi connectivity index (χ0) is 20.0. The van der Waals surface area contributed by atoms with Crippen molar-refractivity contribution in [1.82, 2.24) is 10.2 Å². The van der Waals surface area contributed by atoms with Crippen molar-refractivity contribution in [2.45, 2.75) is 31.8 Å². The monoisotopic (exact) mass is 408 g/mol. The number of amides is 2. The second-order valence-electron chi connectivity index (χ2n) is 8.04. The van der Waals surface area contributed by atoms with E-state index in [1.54, 1.807) is 17.0 Å². The first-order valence-corrected chi connectivity index (χ1v) is 9.50. The Bertz CT molecular complexity index is 827. The van der Waals surface area contributed by atoms with Crippen LogP contribution in [0, 0.1) is 24.2 Å². The van der Waals surface area contributed by atoms with Crippen molar-refractivity contribution in [2.75, 3.05) is 19.6 Å². The largest absolute Gasteiger partial charge is 0.444 e. The smallest absolute Gasteiger partial charge is 0.410 e. The highest BCUT2D eigenvalue weighted by Crippen LogP contribution is 2.64. The lowest BCUT2D eigenvalue weighted by molar-refractivity contribution is -0.123. The minimum atomic E-state index is -0.579. The first kappa shape index (κ1) is 19.9. The summed E-state index contributed by atoms with van der Waals surface area (Å²) in [5.74, 6) is 2.03. The second kappa shape index (κ2) is 6.92. The summed E-state index contributed by atoms with van der Waals surface area (Å²) >= 11 is 12.3. The van der Waals surface area contributed by atoms with E-state index in [1.165, 1.54) is 0 Å². The fraction of sp³-hybridized carbons (Fsp3) is 0.500. The Morgan fingerprint density at radius 3 is 2.67 bits per heavy atom. The van der Waals surface area contributed by atoms with Crippen molar-refractivity contribution in [3.05, 3.63) is 33.8 Å². The van der Waals surface area contributed by atoms with Crippen molar-refractivity contribution in [2.24, 2.45) is 11.8 Å². The summed E-state index contributed by atoms with van der Waals surface area (Å²) in [4.78, 5) is 26.8. The summed E-state index contributed by atoms with van der Waals surface area (Å²) in [6.07, 6.45) is 4.87. The first-order chi connectivity index (χ1) is 12.6. The van der Waals surface area contributed by atoms with Crippen LogP contribution < -0.4 is 5.32 Å². The van der Waals surface area contributed by atoms with Crippen LogP contribution >= 0.6 is 23.2 Å². The molecule has 1 saturated heterocycles. The van der Waals surface area contributed by atoms with Gasteiger partial charge >= 0.3 is 6.09 Å². The van der Waals surface area contributed by atoms with E-state index < -0.39 is 11.0 Å². The van der Waals surface area contributed by atoms with E-state index in [9.17, 15) is 9.59 Å². The molecule has 0 radical (unpaired) electrons. The van der Waals surface area contributed by atoms with Crippen molar-refractivity contribution in [3.8, 4) is 12.3 Å². The molecule has 144 valence electrons. The lowest BCUT2D eigenvalue weighted by atomic mass is 9.92. The van der Waals surface area contributed by atoms with Crippen LogP contribution in [0.2, 0.25) is 10.0 Å². The number of hydrogen-bond donors (Lipinski definition) is 1. The minimum absolute atomic E-state index is 0.0139. The van der Waals surface area contributed by atoms with Crippen LogP contribution in [0.4, 0.5) is 4.79 Å². The molecule has 3 rings (SSSR count). The number of rotatable bonds is 3. The molecule has 2 aliphatic rings. The van der Waals surface area contributed by atoms with Crippen LogP contribution in [0.25, 0.3) is 0 Å². The highest BCUT2D eigenvalue weighted by atomic mass is 35.5. The maximum atomic E-state index is 12.6. The number of piperidine rings is 1. The summed E-state index contributed by atoms with van der Waals surface area (Å²) in [6, 6.07) is 5.37. The highest BCUT2D eigenvalue weighted by molar-refractivity contribution is 6.42. The molecule has 1 aliphatic heterocycles. The lowest BCUT2D eigenvalue weighted by Crippen LogP contribution is -2.41. The molecule has 0 spiro atoms. The van der Waals surface area contributed by atoms with Crippen molar-refractivity contribution < 1.29 is 14.3 Å². The van der Waals surface area contributed by atoms with Gasteiger partial charge < -0.3 is 15.0 Å². The molecule has 1 aromatic rings. The minimum Gasteiger partial charge on any atom is -0.444 e. The van der Waals surface area contributed by atoms with Crippen LogP contribution in [-0.4, -0.2) is 42.1 Å². The Kier molecular flexibility index (Phi) is 5.09. The fourth-order valence-electron chi connectivity index (χ4n) is 4.02. The van der Waals surface area contributed by atoms with Crippen LogP contribution in [-0.2, 0) is 14.9 Å². The van der Waals surface area contributed by atoms with E-state index >= 15 is 0 Å². The number of carbonyl (C=O) groups is 2. The van der Waals surface area contributed by atoms with Crippen molar-refractivity contribution in [1.29, 1.82) is 0 Å². The quantitative estimate of drug-likeness (QED) is 0.778. The summed E-state index contributed by atoms with van der Waals surface area (Å²) in [6.45, 7) is 6.49. The van der Waals surface area contributed by atoms with Gasteiger partial charge in [0.1, 0.15) is 5.60 Å². The summed E-state index contributed by atoms with van der Waals surface area (Å²) in [5, 5.41) is 3.63. The molecular formula is C20H22Cl2N2O3. The van der Waals surface area contributed by atoms with Gasteiger partial charge in [0.15, 0.2) is 0 Å². The molecule has 27 heavy (non-hydrogen) atoms. The third kappa shape index (κ3) is 3.61. The van der Waals surface area contributed by atoms with Gasteiger partial charge in [0.05, 0.1) is 22.5 Å². The van der Waals surface area contributed by atoms with Crippen LogP contribution in [0.1, 0.15) is 26.3 Å². The van der Waals surface area contributed by atoms with E-state index in [0.717, 1.165) is 5.56 Å². The Morgan fingerprint density at radius 1 is 1.37 bits per heavy atom. The Hall–Kier alpha value is -1.90. The molecule has 3 unspecified atom stereocenters. The molecule has 1 heterocycles. The molecule has 7 heteroatoms. The normalized spacial score (nSPS) is 26.1. The number of carbonyl (C=O) groups excluding carboxylic acids is 2. The average Bonchev–Trinajstić information content (AvgIpc) is 3.03. The molecule has 1 aliphatic carbocycles. The fourth-order valence-corrected chi connectivity index (χ4v) is 4.32. The maximum Gasteiger partial charge on any atom is 0.410 e. The SMILES string of the molecule is C#CCNC(=O)C1C2CN(C(=O)OC(C)(C)C)CC21c1ccc(Cl)c(Cl)c1. The highest BCUT2D eigenvalue weighted by Gasteiger charge is 2.73. The van der Waals surface area contributed by atoms with Gasteiger partial charge in [-0.1, -0.05) is 35.2 Å². The molecule has 5 nitrogen and oxygen atoms in total. The first-order valence-electron chi connectivity index (χ1n) is 8.75. The molecule has 2 fully saturated rings. The van der Waals surface area contributed by atoms with Gasteiger partial charge in [0.25, 0.3) is 0 Å². The number of benzene rings is 1. The Labute approximate surface area is 169 Å². The molecule has 1 N–H and O–H groups in total. The second-order valence-corrected chi connectivity index (χ2v) is 8.85. The summed E-state index contributed by atoms with van der Waals surface area (Å²) in [7, 11) is 0. The van der Waals surface area contributed by atoms with Gasteiger partial charge in [-0.2, -0.15) is 0 Å². The Morgan fingerprint density at radius 2 is 2.07 bits per heavy atom.